The summed E-state index contributed by atoms with van der Waals surface area (Å²) in [5.41, 5.74) is 6.13. The molecule has 6 heteroatoms. The molecule has 0 saturated heterocycles. The molecule has 1 heterocycles. The van der Waals surface area contributed by atoms with E-state index in [1.54, 1.807) is 6.92 Å². The first-order chi connectivity index (χ1) is 11.2. The van der Waals surface area contributed by atoms with Gasteiger partial charge in [-0.25, -0.2) is 10.2 Å². The van der Waals surface area contributed by atoms with Gasteiger partial charge in [0.2, 0.25) is 0 Å². The minimum Gasteiger partial charge on any atom is -0.457 e. The number of amides is 2. The number of carbonyl (C=O) groups is 2. The molecule has 2 aromatic carbocycles. The topological polar surface area (TPSA) is 76.7 Å². The van der Waals surface area contributed by atoms with Crippen LogP contribution in [0.3, 0.4) is 0 Å². The zero-order valence-corrected chi connectivity index (χ0v) is 12.5. The molecule has 23 heavy (non-hydrogen) atoms. The largest absolute Gasteiger partial charge is 0.457 e. The van der Waals surface area contributed by atoms with Crippen molar-refractivity contribution in [3.63, 3.8) is 0 Å². The van der Waals surface area contributed by atoms with E-state index >= 15 is 0 Å². The van der Waals surface area contributed by atoms with Gasteiger partial charge in [-0.2, -0.15) is 0 Å². The van der Waals surface area contributed by atoms with Crippen molar-refractivity contribution >= 4 is 12.0 Å². The molecule has 0 aromatic heterocycles. The summed E-state index contributed by atoms with van der Waals surface area (Å²) >= 11 is 0. The number of hydrazine groups is 1. The Morgan fingerprint density at radius 3 is 2.13 bits per heavy atom. The van der Waals surface area contributed by atoms with Gasteiger partial charge in [0.05, 0.1) is 12.5 Å². The van der Waals surface area contributed by atoms with E-state index in [0.29, 0.717) is 11.5 Å². The first kappa shape index (κ1) is 14.9. The molecule has 2 aromatic rings. The fourth-order valence-corrected chi connectivity index (χ4v) is 2.54. The third-order valence-electron chi connectivity index (χ3n) is 3.51. The summed E-state index contributed by atoms with van der Waals surface area (Å²) in [6, 6.07) is 14.7. The molecule has 118 valence electrons. The molecule has 0 radical (unpaired) electrons. The van der Waals surface area contributed by atoms with E-state index in [-0.39, 0.29) is 12.5 Å². The van der Waals surface area contributed by atoms with Crippen LogP contribution in [0.25, 0.3) is 0 Å². The van der Waals surface area contributed by atoms with Crippen molar-refractivity contribution in [3.8, 4) is 11.5 Å². The number of nitrogens with one attached hydrogen (secondary N) is 2. The number of rotatable bonds is 2. The van der Waals surface area contributed by atoms with Crippen molar-refractivity contribution in [2.75, 3.05) is 6.61 Å². The second kappa shape index (κ2) is 6.39. The van der Waals surface area contributed by atoms with E-state index in [2.05, 4.69) is 10.9 Å². The Morgan fingerprint density at radius 1 is 1.00 bits per heavy atom. The third kappa shape index (κ3) is 2.96. The Morgan fingerprint density at radius 2 is 1.57 bits per heavy atom. The van der Waals surface area contributed by atoms with Crippen molar-refractivity contribution in [2.45, 2.75) is 12.8 Å². The molecule has 1 aliphatic rings. The smallest absolute Gasteiger partial charge is 0.426 e. The molecule has 0 aliphatic carbocycles. The highest BCUT2D eigenvalue weighted by atomic mass is 16.6. The maximum absolute atomic E-state index is 12.6. The first-order valence-corrected chi connectivity index (χ1v) is 7.29. The Hall–Kier alpha value is -3.02. The van der Waals surface area contributed by atoms with Crippen LogP contribution < -0.4 is 15.6 Å². The van der Waals surface area contributed by atoms with Crippen LogP contribution in [0.15, 0.2) is 48.5 Å². The Balaban J connectivity index is 1.89. The van der Waals surface area contributed by atoms with Crippen LogP contribution in [0.5, 0.6) is 11.5 Å². The Bertz CT molecular complexity index is 699. The zero-order chi connectivity index (χ0) is 16.2. The van der Waals surface area contributed by atoms with E-state index in [4.69, 9.17) is 9.47 Å². The van der Waals surface area contributed by atoms with Gasteiger partial charge in [-0.05, 0) is 19.1 Å². The van der Waals surface area contributed by atoms with E-state index in [1.165, 1.54) is 0 Å². The second-order valence-electron chi connectivity index (χ2n) is 4.95. The molecule has 0 saturated carbocycles. The second-order valence-corrected chi connectivity index (χ2v) is 4.95. The highest BCUT2D eigenvalue weighted by molar-refractivity contribution is 5.90. The minimum absolute atomic E-state index is 0.227. The average Bonchev–Trinajstić information content (AvgIpc) is 2.57. The van der Waals surface area contributed by atoms with Crippen molar-refractivity contribution < 1.29 is 19.1 Å². The molecule has 0 atom stereocenters. The molecular formula is C17H16N2O4. The van der Waals surface area contributed by atoms with E-state index in [1.807, 2.05) is 48.5 Å². The molecule has 1 aliphatic heterocycles. The fraction of sp³-hybridized carbons (Fsp3) is 0.176. The third-order valence-corrected chi connectivity index (χ3v) is 3.51. The lowest BCUT2D eigenvalue weighted by atomic mass is 9.87. The molecule has 0 unspecified atom stereocenters. The number of fused-ring (bicyclic) bond motifs is 2. The number of para-hydroxylation sites is 2. The predicted molar refractivity (Wildman–Crippen MR) is 83.1 cm³/mol. The lowest BCUT2D eigenvalue weighted by Gasteiger charge is -2.27. The van der Waals surface area contributed by atoms with Crippen LogP contribution >= 0.6 is 0 Å². The van der Waals surface area contributed by atoms with Gasteiger partial charge in [0.25, 0.3) is 5.91 Å². The van der Waals surface area contributed by atoms with Crippen molar-refractivity contribution in [1.82, 2.24) is 10.9 Å². The highest BCUT2D eigenvalue weighted by Crippen LogP contribution is 2.43. The highest BCUT2D eigenvalue weighted by Gasteiger charge is 2.32. The van der Waals surface area contributed by atoms with Gasteiger partial charge in [-0.1, -0.05) is 36.4 Å². The van der Waals surface area contributed by atoms with Gasteiger partial charge in [-0.15, -0.1) is 0 Å². The average molecular weight is 312 g/mol. The number of benzene rings is 2. The molecule has 2 N–H and O–H groups in total. The van der Waals surface area contributed by atoms with Crippen LogP contribution in [0.4, 0.5) is 4.79 Å². The monoisotopic (exact) mass is 312 g/mol. The van der Waals surface area contributed by atoms with Crippen molar-refractivity contribution in [3.05, 3.63) is 59.7 Å². The SMILES string of the molecule is CCOC(=O)NNC(=O)C1c2ccccc2Oc2ccccc21. The number of ether oxygens (including phenoxy) is 2. The molecule has 3 rings (SSSR count). The fourth-order valence-electron chi connectivity index (χ4n) is 2.54. The van der Waals surface area contributed by atoms with E-state index in [9.17, 15) is 9.59 Å². The quantitative estimate of drug-likeness (QED) is 0.836. The lowest BCUT2D eigenvalue weighted by molar-refractivity contribution is -0.122. The predicted octanol–water partition coefficient (Wildman–Crippen LogP) is 2.70. The molecule has 0 spiro atoms. The maximum atomic E-state index is 12.6. The van der Waals surface area contributed by atoms with Crippen LogP contribution in [-0.2, 0) is 9.53 Å². The number of hydrogen-bond donors (Lipinski definition) is 2. The summed E-state index contributed by atoms with van der Waals surface area (Å²) in [6.07, 6.45) is -0.700. The molecule has 0 bridgehead atoms. The minimum atomic E-state index is -0.700. The molecule has 0 fully saturated rings. The van der Waals surface area contributed by atoms with Crippen LogP contribution in [0, 0.1) is 0 Å². The number of hydrogen-bond acceptors (Lipinski definition) is 4. The first-order valence-electron chi connectivity index (χ1n) is 7.29. The van der Waals surface area contributed by atoms with Crippen LogP contribution in [-0.4, -0.2) is 18.6 Å². The molecule has 2 amide bonds. The van der Waals surface area contributed by atoms with Gasteiger partial charge in [-0.3, -0.25) is 10.2 Å². The number of carbonyl (C=O) groups excluding carboxylic acids is 2. The summed E-state index contributed by atoms with van der Waals surface area (Å²) < 4.78 is 10.6. The summed E-state index contributed by atoms with van der Waals surface area (Å²) in [5, 5.41) is 0. The van der Waals surface area contributed by atoms with Crippen molar-refractivity contribution in [1.29, 1.82) is 0 Å². The molecule has 6 nitrogen and oxygen atoms in total. The summed E-state index contributed by atoms with van der Waals surface area (Å²) in [5.74, 6) is 0.323. The standard InChI is InChI=1S/C17H16N2O4/c1-2-22-17(21)19-18-16(20)15-11-7-3-5-9-13(11)23-14-10-6-4-8-12(14)15/h3-10,15H,2H2,1H3,(H,18,20)(H,19,21). The summed E-state index contributed by atoms with van der Waals surface area (Å²) in [7, 11) is 0. The van der Waals surface area contributed by atoms with Gasteiger partial charge in [0.15, 0.2) is 0 Å². The van der Waals surface area contributed by atoms with Crippen LogP contribution in [0.1, 0.15) is 24.0 Å². The van der Waals surface area contributed by atoms with Crippen molar-refractivity contribution in [2.24, 2.45) is 0 Å². The Labute approximate surface area is 133 Å². The maximum Gasteiger partial charge on any atom is 0.426 e. The van der Waals surface area contributed by atoms with Gasteiger partial charge < -0.3 is 9.47 Å². The van der Waals surface area contributed by atoms with Crippen LogP contribution in [0.2, 0.25) is 0 Å². The molecular weight excluding hydrogens is 296 g/mol. The van der Waals surface area contributed by atoms with Gasteiger partial charge >= 0.3 is 6.09 Å². The zero-order valence-electron chi connectivity index (χ0n) is 12.5. The lowest BCUT2D eigenvalue weighted by Crippen LogP contribution is -2.44. The van der Waals surface area contributed by atoms with E-state index in [0.717, 1.165) is 11.1 Å². The summed E-state index contributed by atoms with van der Waals surface area (Å²) in [4.78, 5) is 23.9. The van der Waals surface area contributed by atoms with E-state index < -0.39 is 12.0 Å². The Kier molecular flexibility index (Phi) is 4.14. The van der Waals surface area contributed by atoms with Gasteiger partial charge in [0.1, 0.15) is 11.5 Å². The normalized spacial score (nSPS) is 12.4. The van der Waals surface area contributed by atoms with Gasteiger partial charge in [0, 0.05) is 11.1 Å². The summed E-state index contributed by atoms with van der Waals surface area (Å²) in [6.45, 7) is 1.91.